The molecular formula is C20H24N4O2. The first-order valence-electron chi connectivity index (χ1n) is 9.04. The highest BCUT2D eigenvalue weighted by atomic mass is 16.3. The number of anilines is 1. The quantitative estimate of drug-likeness (QED) is 0.801. The second-order valence-electron chi connectivity index (χ2n) is 6.47. The van der Waals surface area contributed by atoms with Crippen molar-refractivity contribution < 1.29 is 9.21 Å². The third-order valence-electron chi connectivity index (χ3n) is 4.66. The molecule has 1 unspecified atom stereocenters. The van der Waals surface area contributed by atoms with Crippen LogP contribution in [0.1, 0.15) is 36.6 Å². The van der Waals surface area contributed by atoms with Crippen molar-refractivity contribution in [1.29, 1.82) is 5.26 Å². The smallest absolute Gasteiger partial charge is 0.239 e. The second kappa shape index (κ2) is 9.07. The van der Waals surface area contributed by atoms with Gasteiger partial charge >= 0.3 is 0 Å². The first-order chi connectivity index (χ1) is 12.8. The molecule has 2 heterocycles. The zero-order valence-electron chi connectivity index (χ0n) is 14.8. The molecule has 1 fully saturated rings. The van der Waals surface area contributed by atoms with Crippen LogP contribution in [0.4, 0.5) is 5.69 Å². The van der Waals surface area contributed by atoms with Crippen LogP contribution in [0.3, 0.4) is 0 Å². The summed E-state index contributed by atoms with van der Waals surface area (Å²) in [5, 5.41) is 14.9. The summed E-state index contributed by atoms with van der Waals surface area (Å²) in [6, 6.07) is 13.1. The van der Waals surface area contributed by atoms with E-state index in [9.17, 15) is 4.79 Å². The summed E-state index contributed by atoms with van der Waals surface area (Å²) in [5.74, 6) is 0.829. The fraction of sp³-hybridized carbons (Fsp3) is 0.400. The van der Waals surface area contributed by atoms with E-state index < -0.39 is 0 Å². The standard InChI is InChI=1S/C20H24N4O2/c21-13-16-6-8-17(9-7-16)22-15-20(25)23-14-18(19-5-4-12-26-19)24-10-2-1-3-11-24/h4-9,12,18,22H,1-3,10-11,14-15H2,(H,23,25). The van der Waals surface area contributed by atoms with E-state index in [0.29, 0.717) is 12.1 Å². The largest absolute Gasteiger partial charge is 0.468 e. The van der Waals surface area contributed by atoms with Gasteiger partial charge in [0, 0.05) is 12.2 Å². The molecule has 1 aliphatic rings. The Morgan fingerprint density at radius 1 is 1.19 bits per heavy atom. The lowest BCUT2D eigenvalue weighted by Gasteiger charge is -2.33. The van der Waals surface area contributed by atoms with Gasteiger partial charge in [-0.25, -0.2) is 0 Å². The van der Waals surface area contributed by atoms with Crippen molar-refractivity contribution in [2.24, 2.45) is 0 Å². The van der Waals surface area contributed by atoms with Crippen molar-refractivity contribution in [3.63, 3.8) is 0 Å². The number of nitriles is 1. The van der Waals surface area contributed by atoms with Crippen LogP contribution < -0.4 is 10.6 Å². The van der Waals surface area contributed by atoms with Crippen molar-refractivity contribution in [1.82, 2.24) is 10.2 Å². The maximum Gasteiger partial charge on any atom is 0.239 e. The van der Waals surface area contributed by atoms with Crippen LogP contribution in [0.15, 0.2) is 47.1 Å². The number of furan rings is 1. The van der Waals surface area contributed by atoms with Gasteiger partial charge in [0.25, 0.3) is 0 Å². The molecule has 0 bridgehead atoms. The van der Waals surface area contributed by atoms with Gasteiger partial charge in [-0.05, 0) is 62.3 Å². The number of carbonyl (C=O) groups excluding carboxylic acids is 1. The maximum absolute atomic E-state index is 12.2. The van der Waals surface area contributed by atoms with E-state index in [1.165, 1.54) is 19.3 Å². The molecule has 6 heteroatoms. The highest BCUT2D eigenvalue weighted by molar-refractivity contribution is 5.80. The van der Waals surface area contributed by atoms with Gasteiger partial charge in [0.15, 0.2) is 0 Å². The molecule has 1 aromatic carbocycles. The second-order valence-corrected chi connectivity index (χ2v) is 6.47. The Hall–Kier alpha value is -2.78. The Morgan fingerprint density at radius 3 is 2.62 bits per heavy atom. The third-order valence-corrected chi connectivity index (χ3v) is 4.66. The molecule has 1 atom stereocenters. The van der Waals surface area contributed by atoms with Crippen molar-refractivity contribution in [2.45, 2.75) is 25.3 Å². The number of rotatable bonds is 7. The van der Waals surface area contributed by atoms with E-state index in [-0.39, 0.29) is 18.5 Å². The average Bonchev–Trinajstić information content (AvgIpc) is 3.22. The van der Waals surface area contributed by atoms with Crippen LogP contribution in [0.5, 0.6) is 0 Å². The minimum absolute atomic E-state index is 0.0667. The molecule has 0 saturated carbocycles. The molecule has 1 aromatic heterocycles. The highest BCUT2D eigenvalue weighted by Gasteiger charge is 2.24. The van der Waals surface area contributed by atoms with E-state index in [2.05, 4.69) is 21.6 Å². The minimum atomic E-state index is -0.0667. The minimum Gasteiger partial charge on any atom is -0.468 e. The number of benzene rings is 1. The van der Waals surface area contributed by atoms with Gasteiger partial charge in [-0.15, -0.1) is 0 Å². The number of hydrogen-bond donors (Lipinski definition) is 2. The Kier molecular flexibility index (Phi) is 6.29. The van der Waals surface area contributed by atoms with Crippen LogP contribution in [0.25, 0.3) is 0 Å². The number of nitrogens with zero attached hydrogens (tertiary/aromatic N) is 2. The molecule has 3 rings (SSSR count). The Morgan fingerprint density at radius 2 is 1.96 bits per heavy atom. The van der Waals surface area contributed by atoms with Crippen LogP contribution in [0, 0.1) is 11.3 Å². The number of likely N-dealkylation sites (tertiary alicyclic amines) is 1. The summed E-state index contributed by atoms with van der Waals surface area (Å²) in [7, 11) is 0. The third kappa shape index (κ3) is 4.87. The monoisotopic (exact) mass is 352 g/mol. The van der Waals surface area contributed by atoms with Crippen LogP contribution in [0.2, 0.25) is 0 Å². The molecule has 0 radical (unpaired) electrons. The zero-order chi connectivity index (χ0) is 18.2. The lowest BCUT2D eigenvalue weighted by Crippen LogP contribution is -2.41. The van der Waals surface area contributed by atoms with Gasteiger partial charge in [0.2, 0.25) is 5.91 Å². The summed E-state index contributed by atoms with van der Waals surface area (Å²) in [4.78, 5) is 14.6. The van der Waals surface area contributed by atoms with Gasteiger partial charge in [-0.2, -0.15) is 5.26 Å². The predicted molar refractivity (Wildman–Crippen MR) is 99.5 cm³/mol. The van der Waals surface area contributed by atoms with Gasteiger partial charge in [0.1, 0.15) is 5.76 Å². The van der Waals surface area contributed by atoms with Crippen molar-refractivity contribution in [3.8, 4) is 6.07 Å². The molecule has 0 aliphatic carbocycles. The molecule has 2 N–H and O–H groups in total. The number of hydrogen-bond acceptors (Lipinski definition) is 5. The molecule has 1 aliphatic heterocycles. The van der Waals surface area contributed by atoms with E-state index in [1.807, 2.05) is 12.1 Å². The summed E-state index contributed by atoms with van der Waals surface area (Å²) in [6.45, 7) is 2.79. The van der Waals surface area contributed by atoms with Gasteiger partial charge in [-0.1, -0.05) is 6.42 Å². The van der Waals surface area contributed by atoms with Gasteiger partial charge < -0.3 is 15.1 Å². The summed E-state index contributed by atoms with van der Waals surface area (Å²) in [5.41, 5.74) is 1.42. The van der Waals surface area contributed by atoms with Crippen molar-refractivity contribution in [2.75, 3.05) is 31.5 Å². The number of piperidine rings is 1. The Labute approximate surface area is 153 Å². The van der Waals surface area contributed by atoms with Crippen molar-refractivity contribution in [3.05, 3.63) is 54.0 Å². The molecule has 0 spiro atoms. The Bertz CT molecular complexity index is 728. The fourth-order valence-corrected chi connectivity index (χ4v) is 3.24. The Balaban J connectivity index is 1.51. The number of carbonyl (C=O) groups is 1. The van der Waals surface area contributed by atoms with E-state index in [1.54, 1.807) is 30.5 Å². The average molecular weight is 352 g/mol. The fourth-order valence-electron chi connectivity index (χ4n) is 3.24. The summed E-state index contributed by atoms with van der Waals surface area (Å²) >= 11 is 0. The number of nitrogens with one attached hydrogen (secondary N) is 2. The summed E-state index contributed by atoms with van der Waals surface area (Å²) < 4.78 is 5.60. The van der Waals surface area contributed by atoms with Crippen molar-refractivity contribution >= 4 is 11.6 Å². The number of amides is 1. The van der Waals surface area contributed by atoms with Crippen LogP contribution in [-0.4, -0.2) is 37.0 Å². The molecule has 1 amide bonds. The molecule has 26 heavy (non-hydrogen) atoms. The lowest BCUT2D eigenvalue weighted by atomic mass is 10.1. The normalized spacial score (nSPS) is 15.8. The molecular weight excluding hydrogens is 328 g/mol. The van der Waals surface area contributed by atoms with E-state index in [0.717, 1.165) is 24.5 Å². The highest BCUT2D eigenvalue weighted by Crippen LogP contribution is 2.24. The molecule has 1 saturated heterocycles. The molecule has 6 nitrogen and oxygen atoms in total. The maximum atomic E-state index is 12.2. The van der Waals surface area contributed by atoms with Gasteiger partial charge in [0.05, 0.1) is 30.5 Å². The first-order valence-corrected chi connectivity index (χ1v) is 9.04. The van der Waals surface area contributed by atoms with E-state index in [4.69, 9.17) is 9.68 Å². The van der Waals surface area contributed by atoms with E-state index >= 15 is 0 Å². The zero-order valence-corrected chi connectivity index (χ0v) is 14.8. The predicted octanol–water partition coefficient (Wildman–Crippen LogP) is 2.91. The first kappa shape index (κ1) is 18.0. The molecule has 2 aromatic rings. The topological polar surface area (TPSA) is 81.3 Å². The summed E-state index contributed by atoms with van der Waals surface area (Å²) in [6.07, 6.45) is 5.32. The van der Waals surface area contributed by atoms with Crippen LogP contribution in [-0.2, 0) is 4.79 Å². The lowest BCUT2D eigenvalue weighted by molar-refractivity contribution is -0.119. The molecule has 136 valence electrons. The van der Waals surface area contributed by atoms with Gasteiger partial charge in [-0.3, -0.25) is 9.69 Å². The van der Waals surface area contributed by atoms with Crippen LogP contribution >= 0.6 is 0 Å². The SMILES string of the molecule is N#Cc1ccc(NCC(=O)NCC(c2ccco2)N2CCCCC2)cc1.